The van der Waals surface area contributed by atoms with Crippen LogP contribution in [0.1, 0.15) is 11.1 Å². The van der Waals surface area contributed by atoms with Crippen LogP contribution in [0.4, 0.5) is 0 Å². The fourth-order valence-electron chi connectivity index (χ4n) is 2.47. The molecule has 0 aromatic heterocycles. The average Bonchev–Trinajstić information content (AvgIpc) is 2.71. The number of halogens is 1. The van der Waals surface area contributed by atoms with Gasteiger partial charge in [0.1, 0.15) is 11.6 Å². The second kappa shape index (κ2) is 10.9. The fraction of sp³-hybridized carbons (Fsp3) is 0.190. The van der Waals surface area contributed by atoms with Crippen molar-refractivity contribution in [2.45, 2.75) is 6.42 Å². The van der Waals surface area contributed by atoms with E-state index in [1.54, 1.807) is 12.1 Å². The number of ether oxygens (including phenoxy) is 2. The number of carboxylic acids is 1. The Kier molecular flexibility index (Phi) is 8.25. The SMILES string of the molecule is COc1cc(/C=C(/C#N)C(=O)NCCc2ccccc2)cc(Br)c1OCC(=O)O. The third-order valence-corrected chi connectivity index (χ3v) is 4.40. The van der Waals surface area contributed by atoms with Gasteiger partial charge in [0.05, 0.1) is 11.6 Å². The summed E-state index contributed by atoms with van der Waals surface area (Å²) in [5.41, 5.74) is 1.54. The summed E-state index contributed by atoms with van der Waals surface area (Å²) in [6.45, 7) is -0.131. The number of methoxy groups -OCH3 is 1. The first-order valence-electron chi connectivity index (χ1n) is 8.60. The van der Waals surface area contributed by atoms with Crippen molar-refractivity contribution < 1.29 is 24.2 Å². The number of carbonyl (C=O) groups is 2. The molecule has 7 nitrogen and oxygen atoms in total. The lowest BCUT2D eigenvalue weighted by Gasteiger charge is -2.12. The van der Waals surface area contributed by atoms with E-state index < -0.39 is 18.5 Å². The molecule has 2 rings (SSSR count). The van der Waals surface area contributed by atoms with Crippen LogP contribution in [0.5, 0.6) is 11.5 Å². The largest absolute Gasteiger partial charge is 0.493 e. The van der Waals surface area contributed by atoms with Crippen molar-refractivity contribution >= 4 is 33.9 Å². The zero-order chi connectivity index (χ0) is 21.2. The molecule has 0 aliphatic heterocycles. The number of carboxylic acid groups (broad SMARTS) is 1. The van der Waals surface area contributed by atoms with E-state index in [-0.39, 0.29) is 17.1 Å². The molecule has 2 aromatic carbocycles. The van der Waals surface area contributed by atoms with Gasteiger partial charge in [0.15, 0.2) is 18.1 Å². The number of hydrogen-bond acceptors (Lipinski definition) is 5. The summed E-state index contributed by atoms with van der Waals surface area (Å²) in [4.78, 5) is 23.0. The first-order chi connectivity index (χ1) is 13.9. The summed E-state index contributed by atoms with van der Waals surface area (Å²) >= 11 is 3.29. The van der Waals surface area contributed by atoms with E-state index in [9.17, 15) is 14.9 Å². The van der Waals surface area contributed by atoms with Gasteiger partial charge in [-0.3, -0.25) is 4.79 Å². The van der Waals surface area contributed by atoms with E-state index in [4.69, 9.17) is 14.6 Å². The number of carbonyl (C=O) groups excluding carboxylic acids is 1. The fourth-order valence-corrected chi connectivity index (χ4v) is 3.05. The Morgan fingerprint density at radius 1 is 1.28 bits per heavy atom. The van der Waals surface area contributed by atoms with Gasteiger partial charge < -0.3 is 19.9 Å². The highest BCUT2D eigenvalue weighted by Gasteiger charge is 2.14. The number of hydrogen-bond donors (Lipinski definition) is 2. The van der Waals surface area contributed by atoms with E-state index in [2.05, 4.69) is 21.2 Å². The maximum atomic E-state index is 12.3. The lowest BCUT2D eigenvalue weighted by Crippen LogP contribution is -2.26. The summed E-state index contributed by atoms with van der Waals surface area (Å²) < 4.78 is 10.9. The molecule has 150 valence electrons. The van der Waals surface area contributed by atoms with Gasteiger partial charge in [-0.25, -0.2) is 4.79 Å². The molecule has 0 bridgehead atoms. The van der Waals surface area contributed by atoms with E-state index >= 15 is 0 Å². The van der Waals surface area contributed by atoms with E-state index in [1.807, 2.05) is 36.4 Å². The standard InChI is InChI=1S/C21H19BrN2O5/c1-28-18-11-15(10-17(22)20(18)29-13-19(25)26)9-16(12-23)21(27)24-8-7-14-5-3-2-4-6-14/h2-6,9-11H,7-8,13H2,1H3,(H,24,27)(H,25,26)/b16-9-. The van der Waals surface area contributed by atoms with Crippen LogP contribution >= 0.6 is 15.9 Å². The molecule has 0 atom stereocenters. The molecular formula is C21H19BrN2O5. The van der Waals surface area contributed by atoms with Crippen LogP contribution < -0.4 is 14.8 Å². The highest BCUT2D eigenvalue weighted by atomic mass is 79.9. The Balaban J connectivity index is 2.12. The molecule has 0 aliphatic carbocycles. The molecule has 0 spiro atoms. The van der Waals surface area contributed by atoms with Crippen LogP contribution in [0.15, 0.2) is 52.5 Å². The summed E-state index contributed by atoms with van der Waals surface area (Å²) in [5, 5.41) is 20.9. The van der Waals surface area contributed by atoms with Gasteiger partial charge in [0, 0.05) is 6.54 Å². The molecular weight excluding hydrogens is 440 g/mol. The summed E-state index contributed by atoms with van der Waals surface area (Å²) in [6.07, 6.45) is 2.08. The van der Waals surface area contributed by atoms with E-state index in [0.29, 0.717) is 23.0 Å². The first-order valence-corrected chi connectivity index (χ1v) is 9.40. The monoisotopic (exact) mass is 458 g/mol. The predicted molar refractivity (Wildman–Crippen MR) is 111 cm³/mol. The minimum absolute atomic E-state index is 0.0637. The minimum Gasteiger partial charge on any atom is -0.493 e. The van der Waals surface area contributed by atoms with Crippen LogP contribution in [-0.4, -0.2) is 37.2 Å². The number of nitriles is 1. The van der Waals surface area contributed by atoms with Crippen molar-refractivity contribution in [3.63, 3.8) is 0 Å². The van der Waals surface area contributed by atoms with Crippen LogP contribution in [0.2, 0.25) is 0 Å². The molecule has 0 fully saturated rings. The van der Waals surface area contributed by atoms with Gasteiger partial charge >= 0.3 is 5.97 Å². The van der Waals surface area contributed by atoms with Gasteiger partial charge in [-0.15, -0.1) is 0 Å². The van der Waals surface area contributed by atoms with Crippen molar-refractivity contribution in [3.8, 4) is 17.6 Å². The van der Waals surface area contributed by atoms with Gasteiger partial charge in [0.25, 0.3) is 5.91 Å². The van der Waals surface area contributed by atoms with Gasteiger partial charge in [-0.05, 0) is 51.7 Å². The van der Waals surface area contributed by atoms with Gasteiger partial charge in [-0.1, -0.05) is 30.3 Å². The maximum absolute atomic E-state index is 12.3. The first kappa shape index (κ1) is 22.0. The van der Waals surface area contributed by atoms with Crippen molar-refractivity contribution in [1.29, 1.82) is 5.26 Å². The molecule has 2 aromatic rings. The third-order valence-electron chi connectivity index (χ3n) is 3.81. The van der Waals surface area contributed by atoms with Crippen LogP contribution in [0, 0.1) is 11.3 Å². The van der Waals surface area contributed by atoms with Crippen molar-refractivity contribution in [2.24, 2.45) is 0 Å². The predicted octanol–water partition coefficient (Wildman–Crippen LogP) is 3.19. The Bertz CT molecular complexity index is 952. The third kappa shape index (κ3) is 6.66. The summed E-state index contributed by atoms with van der Waals surface area (Å²) in [5.74, 6) is -1.11. The molecule has 0 saturated carbocycles. The number of amides is 1. The molecule has 0 radical (unpaired) electrons. The van der Waals surface area contributed by atoms with Crippen molar-refractivity contribution in [1.82, 2.24) is 5.32 Å². The summed E-state index contributed by atoms with van der Waals surface area (Å²) in [6, 6.07) is 14.7. The maximum Gasteiger partial charge on any atom is 0.341 e. The van der Waals surface area contributed by atoms with E-state index in [1.165, 1.54) is 13.2 Å². The highest BCUT2D eigenvalue weighted by molar-refractivity contribution is 9.10. The average molecular weight is 459 g/mol. The normalized spacial score (nSPS) is 10.7. The Morgan fingerprint density at radius 2 is 2.00 bits per heavy atom. The number of nitrogens with zero attached hydrogens (tertiary/aromatic N) is 1. The number of benzene rings is 2. The molecule has 0 aliphatic rings. The highest BCUT2D eigenvalue weighted by Crippen LogP contribution is 2.37. The molecule has 29 heavy (non-hydrogen) atoms. The van der Waals surface area contributed by atoms with Gasteiger partial charge in [-0.2, -0.15) is 5.26 Å². The Morgan fingerprint density at radius 3 is 2.62 bits per heavy atom. The van der Waals surface area contributed by atoms with Gasteiger partial charge in [0.2, 0.25) is 0 Å². The topological polar surface area (TPSA) is 109 Å². The Labute approximate surface area is 176 Å². The molecule has 0 heterocycles. The quantitative estimate of drug-likeness (QED) is 0.441. The van der Waals surface area contributed by atoms with Crippen LogP contribution in [0.3, 0.4) is 0 Å². The number of rotatable bonds is 9. The molecule has 2 N–H and O–H groups in total. The zero-order valence-electron chi connectivity index (χ0n) is 15.6. The number of nitrogens with one attached hydrogen (secondary N) is 1. The molecule has 0 saturated heterocycles. The van der Waals surface area contributed by atoms with Crippen molar-refractivity contribution in [3.05, 3.63) is 63.6 Å². The summed E-state index contributed by atoms with van der Waals surface area (Å²) in [7, 11) is 1.41. The Hall–Kier alpha value is -3.31. The zero-order valence-corrected chi connectivity index (χ0v) is 17.2. The second-order valence-corrected chi connectivity index (χ2v) is 6.73. The lowest BCUT2D eigenvalue weighted by molar-refractivity contribution is -0.139. The minimum atomic E-state index is -1.12. The molecule has 1 amide bonds. The second-order valence-electron chi connectivity index (χ2n) is 5.88. The van der Waals surface area contributed by atoms with E-state index in [0.717, 1.165) is 5.56 Å². The smallest absolute Gasteiger partial charge is 0.341 e. The number of aliphatic carboxylic acids is 1. The van der Waals surface area contributed by atoms with Crippen molar-refractivity contribution in [2.75, 3.05) is 20.3 Å². The van der Waals surface area contributed by atoms with Crippen LogP contribution in [0.25, 0.3) is 6.08 Å². The molecule has 0 unspecified atom stereocenters. The lowest BCUT2D eigenvalue weighted by atomic mass is 10.1. The van der Waals surface area contributed by atoms with Crippen LogP contribution in [-0.2, 0) is 16.0 Å². The molecule has 8 heteroatoms.